The average Bonchev–Trinajstić information content (AvgIpc) is 3.12. The Bertz CT molecular complexity index is 824. The van der Waals surface area contributed by atoms with E-state index in [0.29, 0.717) is 18.1 Å². The van der Waals surface area contributed by atoms with E-state index in [2.05, 4.69) is 0 Å². The molecule has 3 aliphatic rings. The molecule has 1 aliphatic carbocycles. The van der Waals surface area contributed by atoms with Crippen molar-refractivity contribution in [2.24, 2.45) is 5.41 Å². The van der Waals surface area contributed by atoms with Crippen LogP contribution >= 0.6 is 0 Å². The first kappa shape index (κ1) is 16.7. The highest BCUT2D eigenvalue weighted by Crippen LogP contribution is 2.54. The molecule has 1 saturated heterocycles. The molecular formula is C17H21NO6S. The van der Waals surface area contributed by atoms with Crippen LogP contribution in [0.4, 0.5) is 0 Å². The van der Waals surface area contributed by atoms with Gasteiger partial charge in [0.1, 0.15) is 4.90 Å². The fourth-order valence-electron chi connectivity index (χ4n) is 3.85. The van der Waals surface area contributed by atoms with E-state index < -0.39 is 15.9 Å². The van der Waals surface area contributed by atoms with Gasteiger partial charge in [-0.05, 0) is 31.7 Å². The van der Waals surface area contributed by atoms with E-state index in [4.69, 9.17) is 14.2 Å². The highest BCUT2D eigenvalue weighted by atomic mass is 32.2. The number of amides is 1. The van der Waals surface area contributed by atoms with E-state index in [-0.39, 0.29) is 28.5 Å². The number of carbonyl (C=O) groups excluding carboxylic acids is 1. The van der Waals surface area contributed by atoms with Gasteiger partial charge in [-0.15, -0.1) is 0 Å². The molecule has 1 aromatic carbocycles. The lowest BCUT2D eigenvalue weighted by Gasteiger charge is -2.26. The molecule has 0 N–H and O–H groups in total. The molecule has 1 saturated carbocycles. The van der Waals surface area contributed by atoms with Crippen LogP contribution in [-0.2, 0) is 14.8 Å². The summed E-state index contributed by atoms with van der Waals surface area (Å²) in [6, 6.07) is 2.81. The van der Waals surface area contributed by atoms with Gasteiger partial charge in [-0.3, -0.25) is 4.79 Å². The van der Waals surface area contributed by atoms with Crippen molar-refractivity contribution < 1.29 is 27.4 Å². The second-order valence-electron chi connectivity index (χ2n) is 6.88. The van der Waals surface area contributed by atoms with Crippen LogP contribution in [0.15, 0.2) is 17.0 Å². The first-order valence-electron chi connectivity index (χ1n) is 8.38. The maximum atomic E-state index is 13.0. The molecule has 25 heavy (non-hydrogen) atoms. The Kier molecular flexibility index (Phi) is 3.73. The maximum absolute atomic E-state index is 13.0. The molecule has 8 heteroatoms. The van der Waals surface area contributed by atoms with E-state index in [9.17, 15) is 13.2 Å². The standard InChI is InChI=1S/C17H21NO6S/c1-22-12-8-11-14(9-13(12)23-2)25(20,21)18(16(11)19)10-17(5-6-17)15-4-3-7-24-15/h8-9,15H,3-7,10H2,1-2H3. The number of ether oxygens (including phenoxy) is 3. The van der Waals surface area contributed by atoms with Crippen LogP contribution in [0, 0.1) is 5.41 Å². The molecule has 1 atom stereocenters. The second-order valence-corrected chi connectivity index (χ2v) is 8.71. The average molecular weight is 367 g/mol. The summed E-state index contributed by atoms with van der Waals surface area (Å²) in [5.41, 5.74) is -0.0871. The molecule has 7 nitrogen and oxygen atoms in total. The van der Waals surface area contributed by atoms with Crippen LogP contribution in [0.2, 0.25) is 0 Å². The van der Waals surface area contributed by atoms with Gasteiger partial charge in [-0.2, -0.15) is 0 Å². The molecule has 1 aromatic rings. The van der Waals surface area contributed by atoms with Crippen LogP contribution in [0.5, 0.6) is 11.5 Å². The molecule has 2 heterocycles. The quantitative estimate of drug-likeness (QED) is 0.789. The number of methoxy groups -OCH3 is 2. The minimum absolute atomic E-state index is 0.0155. The zero-order valence-corrected chi connectivity index (χ0v) is 15.1. The molecule has 2 fully saturated rings. The second kappa shape index (κ2) is 5.60. The molecule has 2 aliphatic heterocycles. The van der Waals surface area contributed by atoms with E-state index in [1.54, 1.807) is 0 Å². The van der Waals surface area contributed by atoms with Gasteiger partial charge in [0.05, 0.1) is 25.9 Å². The lowest BCUT2D eigenvalue weighted by Crippen LogP contribution is -2.39. The zero-order chi connectivity index (χ0) is 17.8. The van der Waals surface area contributed by atoms with Crippen LogP contribution in [-0.4, -0.2) is 52.1 Å². The van der Waals surface area contributed by atoms with Gasteiger partial charge in [0.25, 0.3) is 15.9 Å². The topological polar surface area (TPSA) is 82.1 Å². The third-order valence-corrected chi connectivity index (χ3v) is 7.24. The summed E-state index contributed by atoms with van der Waals surface area (Å²) >= 11 is 0. The largest absolute Gasteiger partial charge is 0.493 e. The summed E-state index contributed by atoms with van der Waals surface area (Å²) in [6.45, 7) is 0.889. The number of hydrogen-bond acceptors (Lipinski definition) is 6. The summed E-state index contributed by atoms with van der Waals surface area (Å²) in [5.74, 6) is 0.131. The van der Waals surface area contributed by atoms with Crippen LogP contribution < -0.4 is 9.47 Å². The predicted molar refractivity (Wildman–Crippen MR) is 88.4 cm³/mol. The fraction of sp³-hybridized carbons (Fsp3) is 0.588. The van der Waals surface area contributed by atoms with Gasteiger partial charge in [-0.1, -0.05) is 0 Å². The summed E-state index contributed by atoms with van der Waals surface area (Å²) in [6.07, 6.45) is 3.74. The van der Waals surface area contributed by atoms with Gasteiger partial charge in [-0.25, -0.2) is 12.7 Å². The first-order valence-corrected chi connectivity index (χ1v) is 9.82. The van der Waals surface area contributed by atoms with Crippen molar-refractivity contribution >= 4 is 15.9 Å². The molecule has 0 aromatic heterocycles. The van der Waals surface area contributed by atoms with E-state index in [1.165, 1.54) is 26.4 Å². The highest BCUT2D eigenvalue weighted by Gasteiger charge is 2.56. The van der Waals surface area contributed by atoms with Crippen molar-refractivity contribution in [2.75, 3.05) is 27.4 Å². The van der Waals surface area contributed by atoms with Crippen LogP contribution in [0.1, 0.15) is 36.0 Å². The number of sulfonamides is 1. The summed E-state index contributed by atoms with van der Waals surface area (Å²) in [7, 11) is -1.000. The van der Waals surface area contributed by atoms with Crippen molar-refractivity contribution in [3.8, 4) is 11.5 Å². The molecule has 0 spiro atoms. The Hall–Kier alpha value is -1.80. The summed E-state index contributed by atoms with van der Waals surface area (Å²) in [5, 5.41) is 0. The Morgan fingerprint density at radius 3 is 2.48 bits per heavy atom. The van der Waals surface area contributed by atoms with Crippen molar-refractivity contribution in [3.05, 3.63) is 17.7 Å². The van der Waals surface area contributed by atoms with Crippen LogP contribution in [0.3, 0.4) is 0 Å². The Balaban J connectivity index is 1.70. The molecular weight excluding hydrogens is 346 g/mol. The molecule has 0 radical (unpaired) electrons. The predicted octanol–water partition coefficient (Wildman–Crippen LogP) is 1.81. The third kappa shape index (κ3) is 2.42. The lowest BCUT2D eigenvalue weighted by atomic mass is 9.96. The van der Waals surface area contributed by atoms with Crippen molar-refractivity contribution in [1.82, 2.24) is 4.31 Å². The van der Waals surface area contributed by atoms with Crippen molar-refractivity contribution in [3.63, 3.8) is 0 Å². The number of benzene rings is 1. The smallest absolute Gasteiger partial charge is 0.269 e. The number of carbonyl (C=O) groups is 1. The van der Waals surface area contributed by atoms with E-state index >= 15 is 0 Å². The third-order valence-electron chi connectivity index (χ3n) is 5.47. The Labute approximate surface area is 146 Å². The normalized spacial score (nSPS) is 25.8. The number of hydrogen-bond donors (Lipinski definition) is 0. The summed E-state index contributed by atoms with van der Waals surface area (Å²) in [4.78, 5) is 12.8. The molecule has 4 rings (SSSR count). The molecule has 1 unspecified atom stereocenters. The first-order chi connectivity index (χ1) is 11.9. The minimum Gasteiger partial charge on any atom is -0.493 e. The molecule has 136 valence electrons. The molecule has 1 amide bonds. The fourth-order valence-corrected chi connectivity index (χ4v) is 5.51. The van der Waals surface area contributed by atoms with Gasteiger partial charge in [0, 0.05) is 24.6 Å². The van der Waals surface area contributed by atoms with Crippen LogP contribution in [0.25, 0.3) is 0 Å². The van der Waals surface area contributed by atoms with Gasteiger partial charge < -0.3 is 14.2 Å². The number of nitrogens with zero attached hydrogens (tertiary/aromatic N) is 1. The zero-order valence-electron chi connectivity index (χ0n) is 14.3. The number of fused-ring (bicyclic) bond motifs is 1. The highest BCUT2D eigenvalue weighted by molar-refractivity contribution is 7.90. The number of rotatable bonds is 5. The Morgan fingerprint density at radius 1 is 1.24 bits per heavy atom. The maximum Gasteiger partial charge on any atom is 0.269 e. The minimum atomic E-state index is -3.88. The SMILES string of the molecule is COc1cc2c(cc1OC)S(=O)(=O)N(CC1(C3CCCO3)CC1)C2=O. The monoisotopic (exact) mass is 367 g/mol. The van der Waals surface area contributed by atoms with Crippen molar-refractivity contribution in [2.45, 2.75) is 36.7 Å². The van der Waals surface area contributed by atoms with Gasteiger partial charge in [0.15, 0.2) is 11.5 Å². The van der Waals surface area contributed by atoms with E-state index in [1.807, 2.05) is 0 Å². The van der Waals surface area contributed by atoms with Crippen molar-refractivity contribution in [1.29, 1.82) is 0 Å². The van der Waals surface area contributed by atoms with Gasteiger partial charge in [0.2, 0.25) is 0 Å². The summed E-state index contributed by atoms with van der Waals surface area (Å²) < 4.78 is 43.1. The molecule has 0 bridgehead atoms. The van der Waals surface area contributed by atoms with E-state index in [0.717, 1.165) is 30.0 Å². The Morgan fingerprint density at radius 2 is 1.92 bits per heavy atom. The lowest BCUT2D eigenvalue weighted by molar-refractivity contribution is 0.0413. The van der Waals surface area contributed by atoms with Gasteiger partial charge >= 0.3 is 0 Å².